The van der Waals surface area contributed by atoms with Crippen molar-refractivity contribution < 1.29 is 19.1 Å². The second-order valence-electron chi connectivity index (χ2n) is 5.21. The summed E-state index contributed by atoms with van der Waals surface area (Å²) >= 11 is 0. The molecule has 1 saturated heterocycles. The SMILES string of the molecule is COC(=O)c1cc(C)ccc1NC(=O)C1CC(=O)N(C)C1. The predicted octanol–water partition coefficient (Wildman–Crippen LogP) is 1.20. The highest BCUT2D eigenvalue weighted by molar-refractivity contribution is 6.03. The molecule has 1 unspecified atom stereocenters. The average Bonchev–Trinajstić information content (AvgIpc) is 2.80. The van der Waals surface area contributed by atoms with Crippen molar-refractivity contribution in [3.63, 3.8) is 0 Å². The number of hydrogen-bond donors (Lipinski definition) is 1. The summed E-state index contributed by atoms with van der Waals surface area (Å²) in [6, 6.07) is 5.13. The average molecular weight is 290 g/mol. The fourth-order valence-corrected chi connectivity index (χ4v) is 2.32. The number of anilines is 1. The van der Waals surface area contributed by atoms with E-state index in [9.17, 15) is 14.4 Å². The van der Waals surface area contributed by atoms with Crippen molar-refractivity contribution in [1.82, 2.24) is 4.90 Å². The smallest absolute Gasteiger partial charge is 0.339 e. The van der Waals surface area contributed by atoms with Crippen LogP contribution in [0.2, 0.25) is 0 Å². The lowest BCUT2D eigenvalue weighted by Gasteiger charge is -2.13. The van der Waals surface area contributed by atoms with Crippen LogP contribution in [-0.2, 0) is 14.3 Å². The Morgan fingerprint density at radius 1 is 1.38 bits per heavy atom. The minimum Gasteiger partial charge on any atom is -0.465 e. The van der Waals surface area contributed by atoms with Crippen LogP contribution in [0.1, 0.15) is 22.3 Å². The van der Waals surface area contributed by atoms with Crippen LogP contribution in [0.3, 0.4) is 0 Å². The number of ether oxygens (including phenoxy) is 1. The van der Waals surface area contributed by atoms with Gasteiger partial charge < -0.3 is 15.0 Å². The molecule has 1 aliphatic rings. The summed E-state index contributed by atoms with van der Waals surface area (Å²) in [5.41, 5.74) is 1.60. The maximum absolute atomic E-state index is 12.2. The van der Waals surface area contributed by atoms with Gasteiger partial charge in [-0.1, -0.05) is 11.6 Å². The Hall–Kier alpha value is -2.37. The number of benzene rings is 1. The van der Waals surface area contributed by atoms with Gasteiger partial charge in [0.05, 0.1) is 24.3 Å². The summed E-state index contributed by atoms with van der Waals surface area (Å²) in [5.74, 6) is -1.21. The predicted molar refractivity (Wildman–Crippen MR) is 76.9 cm³/mol. The molecule has 1 atom stereocenters. The van der Waals surface area contributed by atoms with Gasteiger partial charge in [-0.25, -0.2) is 4.79 Å². The van der Waals surface area contributed by atoms with Crippen LogP contribution in [-0.4, -0.2) is 43.4 Å². The number of nitrogens with one attached hydrogen (secondary N) is 1. The third-order valence-electron chi connectivity index (χ3n) is 3.55. The zero-order valence-electron chi connectivity index (χ0n) is 12.3. The van der Waals surface area contributed by atoms with Crippen LogP contribution >= 0.6 is 0 Å². The molecular weight excluding hydrogens is 272 g/mol. The van der Waals surface area contributed by atoms with Crippen molar-refractivity contribution in [2.45, 2.75) is 13.3 Å². The molecule has 1 aromatic rings. The van der Waals surface area contributed by atoms with E-state index in [4.69, 9.17) is 4.74 Å². The lowest BCUT2D eigenvalue weighted by atomic mass is 10.1. The molecule has 0 bridgehead atoms. The van der Waals surface area contributed by atoms with E-state index in [2.05, 4.69) is 5.32 Å². The lowest BCUT2D eigenvalue weighted by Crippen LogP contribution is -2.26. The van der Waals surface area contributed by atoms with Crippen molar-refractivity contribution in [1.29, 1.82) is 0 Å². The largest absolute Gasteiger partial charge is 0.465 e. The van der Waals surface area contributed by atoms with E-state index in [-0.39, 0.29) is 18.2 Å². The van der Waals surface area contributed by atoms with Gasteiger partial charge >= 0.3 is 5.97 Å². The molecular formula is C15H18N2O4. The molecule has 112 valence electrons. The van der Waals surface area contributed by atoms with Crippen molar-refractivity contribution in [2.24, 2.45) is 5.92 Å². The molecule has 2 amide bonds. The molecule has 0 saturated carbocycles. The minimum absolute atomic E-state index is 0.0488. The summed E-state index contributed by atoms with van der Waals surface area (Å²) in [6.45, 7) is 2.24. The van der Waals surface area contributed by atoms with Crippen molar-refractivity contribution in [2.75, 3.05) is 26.0 Å². The summed E-state index contributed by atoms with van der Waals surface area (Å²) in [7, 11) is 2.96. The third kappa shape index (κ3) is 3.21. The van der Waals surface area contributed by atoms with E-state index >= 15 is 0 Å². The van der Waals surface area contributed by atoms with Gasteiger partial charge in [0.15, 0.2) is 0 Å². The van der Waals surface area contributed by atoms with Crippen LogP contribution in [0, 0.1) is 12.8 Å². The molecule has 1 fully saturated rings. The van der Waals surface area contributed by atoms with Crippen LogP contribution in [0.15, 0.2) is 18.2 Å². The molecule has 1 N–H and O–H groups in total. The number of methoxy groups -OCH3 is 1. The van der Waals surface area contributed by atoms with E-state index in [1.54, 1.807) is 25.2 Å². The number of carbonyl (C=O) groups excluding carboxylic acids is 3. The second-order valence-corrected chi connectivity index (χ2v) is 5.21. The van der Waals surface area contributed by atoms with Gasteiger partial charge in [-0.05, 0) is 19.1 Å². The highest BCUT2D eigenvalue weighted by Crippen LogP contribution is 2.22. The Morgan fingerprint density at radius 3 is 2.67 bits per heavy atom. The number of amides is 2. The normalized spacial score (nSPS) is 17.8. The number of nitrogens with zero attached hydrogens (tertiary/aromatic N) is 1. The number of hydrogen-bond acceptors (Lipinski definition) is 4. The summed E-state index contributed by atoms with van der Waals surface area (Å²) < 4.78 is 4.72. The van der Waals surface area contributed by atoms with Gasteiger partial charge in [0, 0.05) is 20.0 Å². The van der Waals surface area contributed by atoms with Crippen molar-refractivity contribution in [3.05, 3.63) is 29.3 Å². The van der Waals surface area contributed by atoms with Crippen molar-refractivity contribution >= 4 is 23.5 Å². The summed E-state index contributed by atoms with van der Waals surface area (Å²) in [6.07, 6.45) is 0.196. The molecule has 0 radical (unpaired) electrons. The number of esters is 1. The Morgan fingerprint density at radius 2 is 2.10 bits per heavy atom. The number of carbonyl (C=O) groups is 3. The maximum atomic E-state index is 12.2. The molecule has 0 aromatic heterocycles. The Kier molecular flexibility index (Phi) is 4.26. The molecule has 6 heteroatoms. The Balaban J connectivity index is 2.18. The maximum Gasteiger partial charge on any atom is 0.339 e. The third-order valence-corrected chi connectivity index (χ3v) is 3.55. The summed E-state index contributed by atoms with van der Waals surface area (Å²) in [4.78, 5) is 37.0. The second kappa shape index (κ2) is 5.95. The van der Waals surface area contributed by atoms with Gasteiger partial charge in [0.25, 0.3) is 0 Å². The molecule has 2 rings (SSSR count). The Labute approximate surface area is 123 Å². The van der Waals surface area contributed by atoms with Crippen molar-refractivity contribution in [3.8, 4) is 0 Å². The molecule has 1 heterocycles. The van der Waals surface area contributed by atoms with Crippen LogP contribution in [0.5, 0.6) is 0 Å². The zero-order valence-corrected chi connectivity index (χ0v) is 12.3. The van der Waals surface area contributed by atoms with Gasteiger partial charge in [-0.3, -0.25) is 9.59 Å². The molecule has 1 aromatic carbocycles. The fraction of sp³-hybridized carbons (Fsp3) is 0.400. The number of likely N-dealkylation sites (tertiary alicyclic amines) is 1. The first-order valence-electron chi connectivity index (χ1n) is 6.66. The zero-order chi connectivity index (χ0) is 15.6. The molecule has 0 aliphatic carbocycles. The highest BCUT2D eigenvalue weighted by atomic mass is 16.5. The topological polar surface area (TPSA) is 75.7 Å². The molecule has 21 heavy (non-hydrogen) atoms. The first kappa shape index (κ1) is 15.0. The van der Waals surface area contributed by atoms with Crippen LogP contribution < -0.4 is 5.32 Å². The van der Waals surface area contributed by atoms with Gasteiger partial charge in [-0.15, -0.1) is 0 Å². The van der Waals surface area contributed by atoms with Gasteiger partial charge in [0.1, 0.15) is 0 Å². The number of aryl methyl sites for hydroxylation is 1. The van der Waals surface area contributed by atoms with E-state index in [1.165, 1.54) is 12.0 Å². The minimum atomic E-state index is -0.506. The van der Waals surface area contributed by atoms with E-state index in [0.29, 0.717) is 17.8 Å². The molecule has 0 spiro atoms. The lowest BCUT2D eigenvalue weighted by molar-refractivity contribution is -0.127. The monoisotopic (exact) mass is 290 g/mol. The summed E-state index contributed by atoms with van der Waals surface area (Å²) in [5, 5.41) is 2.72. The first-order chi connectivity index (χ1) is 9.92. The first-order valence-corrected chi connectivity index (χ1v) is 6.66. The van der Waals surface area contributed by atoms with Gasteiger partial charge in [0.2, 0.25) is 11.8 Å². The van der Waals surface area contributed by atoms with Gasteiger partial charge in [-0.2, -0.15) is 0 Å². The highest BCUT2D eigenvalue weighted by Gasteiger charge is 2.32. The van der Waals surface area contributed by atoms with E-state index in [0.717, 1.165) is 5.56 Å². The molecule has 1 aliphatic heterocycles. The standard InChI is InChI=1S/C15H18N2O4/c1-9-4-5-12(11(6-9)15(20)21-3)16-14(19)10-7-13(18)17(2)8-10/h4-6,10H,7-8H2,1-3H3,(H,16,19). The fourth-order valence-electron chi connectivity index (χ4n) is 2.32. The number of rotatable bonds is 3. The quantitative estimate of drug-likeness (QED) is 0.849. The van der Waals surface area contributed by atoms with Crippen LogP contribution in [0.25, 0.3) is 0 Å². The van der Waals surface area contributed by atoms with E-state index in [1.807, 2.05) is 6.92 Å². The van der Waals surface area contributed by atoms with E-state index < -0.39 is 11.9 Å². The Bertz CT molecular complexity index is 597. The van der Waals surface area contributed by atoms with Crippen LogP contribution in [0.4, 0.5) is 5.69 Å². The molecule has 6 nitrogen and oxygen atoms in total.